The molecule has 0 bridgehead atoms. The van der Waals surface area contributed by atoms with Crippen molar-refractivity contribution in [3.63, 3.8) is 0 Å². The average Bonchev–Trinajstić information content (AvgIpc) is 2.39. The summed E-state index contributed by atoms with van der Waals surface area (Å²) in [7, 11) is 1.53. The standard InChI is InChI=1S/C13H22O5/c1-11(8-16-10-17-9-15-2)13(14)18-12-6-4-3-5-7-12/h12H,1,3-10H2,2H3. The number of methoxy groups -OCH3 is 1. The largest absolute Gasteiger partial charge is 0.459 e. The first-order valence-electron chi connectivity index (χ1n) is 6.27. The van der Waals surface area contributed by atoms with Crippen LogP contribution in [-0.2, 0) is 23.7 Å². The molecule has 0 atom stereocenters. The van der Waals surface area contributed by atoms with E-state index in [0.717, 1.165) is 25.7 Å². The van der Waals surface area contributed by atoms with Gasteiger partial charge in [0.05, 0.1) is 12.2 Å². The number of esters is 1. The molecule has 0 amide bonds. The third kappa shape index (κ3) is 6.14. The molecule has 0 N–H and O–H groups in total. The maximum absolute atomic E-state index is 11.7. The molecule has 0 aromatic heterocycles. The molecule has 5 heteroatoms. The Morgan fingerprint density at radius 3 is 2.56 bits per heavy atom. The van der Waals surface area contributed by atoms with Crippen molar-refractivity contribution >= 4 is 5.97 Å². The molecule has 0 heterocycles. The monoisotopic (exact) mass is 258 g/mol. The van der Waals surface area contributed by atoms with Gasteiger partial charge in [0, 0.05) is 7.11 Å². The Labute approximate surface area is 108 Å². The Bertz CT molecular complexity index is 258. The molecule has 104 valence electrons. The second-order valence-corrected chi connectivity index (χ2v) is 4.35. The number of hydrogen-bond acceptors (Lipinski definition) is 5. The topological polar surface area (TPSA) is 54.0 Å². The minimum absolute atomic E-state index is 0.0488. The SMILES string of the molecule is C=C(COCOCOC)C(=O)OC1CCCCC1. The minimum atomic E-state index is -0.367. The van der Waals surface area contributed by atoms with E-state index in [4.69, 9.17) is 14.2 Å². The molecule has 0 aliphatic heterocycles. The van der Waals surface area contributed by atoms with Crippen molar-refractivity contribution in [2.24, 2.45) is 0 Å². The second-order valence-electron chi connectivity index (χ2n) is 4.35. The zero-order chi connectivity index (χ0) is 13.2. The van der Waals surface area contributed by atoms with Gasteiger partial charge in [0.2, 0.25) is 0 Å². The summed E-state index contributed by atoms with van der Waals surface area (Å²) in [5.74, 6) is -0.367. The quantitative estimate of drug-likeness (QED) is 0.288. The van der Waals surface area contributed by atoms with Crippen molar-refractivity contribution in [1.82, 2.24) is 0 Å². The van der Waals surface area contributed by atoms with Gasteiger partial charge in [0.25, 0.3) is 0 Å². The van der Waals surface area contributed by atoms with Gasteiger partial charge in [-0.3, -0.25) is 0 Å². The van der Waals surface area contributed by atoms with Crippen molar-refractivity contribution in [3.8, 4) is 0 Å². The summed E-state index contributed by atoms with van der Waals surface area (Å²) in [6.45, 7) is 4.01. The van der Waals surface area contributed by atoms with Crippen molar-refractivity contribution in [2.75, 3.05) is 27.3 Å². The zero-order valence-electron chi connectivity index (χ0n) is 11.0. The fraction of sp³-hybridized carbons (Fsp3) is 0.769. The predicted octanol–water partition coefficient (Wildman–Crippen LogP) is 2.01. The average molecular weight is 258 g/mol. The number of carbonyl (C=O) groups excluding carboxylic acids is 1. The number of carbonyl (C=O) groups is 1. The molecule has 1 saturated carbocycles. The molecule has 1 fully saturated rings. The molecule has 18 heavy (non-hydrogen) atoms. The molecule has 0 aromatic carbocycles. The normalized spacial score (nSPS) is 16.5. The molecular formula is C13H22O5. The van der Waals surface area contributed by atoms with Gasteiger partial charge in [0.1, 0.15) is 19.7 Å². The molecule has 0 spiro atoms. The summed E-state index contributed by atoms with van der Waals surface area (Å²) in [4.78, 5) is 11.7. The van der Waals surface area contributed by atoms with Crippen LogP contribution in [0.25, 0.3) is 0 Å². The lowest BCUT2D eigenvalue weighted by atomic mass is 9.98. The summed E-state index contributed by atoms with van der Waals surface area (Å²) in [5, 5.41) is 0. The molecule has 0 aromatic rings. The highest BCUT2D eigenvalue weighted by Crippen LogP contribution is 2.21. The van der Waals surface area contributed by atoms with Gasteiger partial charge in [-0.2, -0.15) is 0 Å². The molecule has 0 radical (unpaired) electrons. The smallest absolute Gasteiger partial charge is 0.336 e. The van der Waals surface area contributed by atoms with Crippen molar-refractivity contribution in [1.29, 1.82) is 0 Å². The Morgan fingerprint density at radius 1 is 1.17 bits per heavy atom. The van der Waals surface area contributed by atoms with Gasteiger partial charge in [-0.05, 0) is 25.7 Å². The lowest BCUT2D eigenvalue weighted by Crippen LogP contribution is -2.23. The molecule has 1 aliphatic carbocycles. The lowest BCUT2D eigenvalue weighted by molar-refractivity contribution is -0.148. The Balaban J connectivity index is 2.10. The van der Waals surface area contributed by atoms with E-state index in [9.17, 15) is 4.79 Å². The number of rotatable bonds is 8. The maximum Gasteiger partial charge on any atom is 0.336 e. The van der Waals surface area contributed by atoms with Crippen molar-refractivity contribution < 1.29 is 23.7 Å². The fourth-order valence-corrected chi connectivity index (χ4v) is 1.82. The summed E-state index contributed by atoms with van der Waals surface area (Å²) >= 11 is 0. The van der Waals surface area contributed by atoms with E-state index in [1.54, 1.807) is 0 Å². The van der Waals surface area contributed by atoms with E-state index in [1.165, 1.54) is 13.5 Å². The van der Waals surface area contributed by atoms with Crippen LogP contribution in [0, 0.1) is 0 Å². The van der Waals surface area contributed by atoms with Crippen LogP contribution < -0.4 is 0 Å². The highest BCUT2D eigenvalue weighted by molar-refractivity contribution is 5.88. The fourth-order valence-electron chi connectivity index (χ4n) is 1.82. The van der Waals surface area contributed by atoms with Gasteiger partial charge >= 0.3 is 5.97 Å². The van der Waals surface area contributed by atoms with Crippen LogP contribution in [0.3, 0.4) is 0 Å². The first kappa shape index (κ1) is 15.1. The highest BCUT2D eigenvalue weighted by Gasteiger charge is 2.19. The third-order valence-corrected chi connectivity index (χ3v) is 2.76. The first-order chi connectivity index (χ1) is 8.74. The molecular weight excluding hydrogens is 236 g/mol. The maximum atomic E-state index is 11.7. The van der Waals surface area contributed by atoms with E-state index < -0.39 is 0 Å². The summed E-state index contributed by atoms with van der Waals surface area (Å²) in [6, 6.07) is 0. The van der Waals surface area contributed by atoms with Gasteiger partial charge in [-0.15, -0.1) is 0 Å². The van der Waals surface area contributed by atoms with Crippen LogP contribution in [0.5, 0.6) is 0 Å². The Hall–Kier alpha value is -0.910. The first-order valence-corrected chi connectivity index (χ1v) is 6.27. The van der Waals surface area contributed by atoms with Crippen LogP contribution in [0.4, 0.5) is 0 Å². The van der Waals surface area contributed by atoms with Crippen LogP contribution in [0.1, 0.15) is 32.1 Å². The van der Waals surface area contributed by atoms with E-state index in [1.807, 2.05) is 0 Å². The molecule has 1 aliphatic rings. The van der Waals surface area contributed by atoms with E-state index in [0.29, 0.717) is 5.57 Å². The van der Waals surface area contributed by atoms with Gasteiger partial charge in [0.15, 0.2) is 0 Å². The predicted molar refractivity (Wildman–Crippen MR) is 65.9 cm³/mol. The van der Waals surface area contributed by atoms with Crippen LogP contribution in [-0.4, -0.2) is 39.4 Å². The van der Waals surface area contributed by atoms with Crippen LogP contribution in [0.15, 0.2) is 12.2 Å². The van der Waals surface area contributed by atoms with Crippen molar-refractivity contribution in [3.05, 3.63) is 12.2 Å². The van der Waals surface area contributed by atoms with Gasteiger partial charge in [-0.25, -0.2) is 4.79 Å². The van der Waals surface area contributed by atoms with Gasteiger partial charge in [-0.1, -0.05) is 13.0 Å². The Kier molecular flexibility index (Phi) is 7.64. The second kappa shape index (κ2) is 9.08. The molecule has 0 unspecified atom stereocenters. The zero-order valence-corrected chi connectivity index (χ0v) is 11.0. The van der Waals surface area contributed by atoms with E-state index in [2.05, 4.69) is 11.3 Å². The molecule has 5 nitrogen and oxygen atoms in total. The molecule has 1 rings (SSSR count). The Morgan fingerprint density at radius 2 is 1.89 bits per heavy atom. The van der Waals surface area contributed by atoms with Crippen molar-refractivity contribution in [2.45, 2.75) is 38.2 Å². The third-order valence-electron chi connectivity index (χ3n) is 2.76. The number of ether oxygens (including phenoxy) is 4. The summed E-state index contributed by atoms with van der Waals surface area (Å²) in [6.07, 6.45) is 5.45. The molecule has 0 saturated heterocycles. The van der Waals surface area contributed by atoms with E-state index >= 15 is 0 Å². The highest BCUT2D eigenvalue weighted by atomic mass is 16.7. The lowest BCUT2D eigenvalue weighted by Gasteiger charge is -2.22. The van der Waals surface area contributed by atoms with Crippen LogP contribution in [0.2, 0.25) is 0 Å². The number of hydrogen-bond donors (Lipinski definition) is 0. The van der Waals surface area contributed by atoms with Crippen LogP contribution >= 0.6 is 0 Å². The minimum Gasteiger partial charge on any atom is -0.459 e. The van der Waals surface area contributed by atoms with E-state index in [-0.39, 0.29) is 32.3 Å². The summed E-state index contributed by atoms with van der Waals surface area (Å²) in [5.41, 5.74) is 0.321. The summed E-state index contributed by atoms with van der Waals surface area (Å²) < 4.78 is 20.1. The van der Waals surface area contributed by atoms with Gasteiger partial charge < -0.3 is 18.9 Å².